The van der Waals surface area contributed by atoms with Crippen molar-refractivity contribution in [1.29, 1.82) is 0 Å². The van der Waals surface area contributed by atoms with E-state index in [1.807, 2.05) is 13.8 Å². The lowest BCUT2D eigenvalue weighted by Gasteiger charge is -2.35. The number of halogens is 4. The summed E-state index contributed by atoms with van der Waals surface area (Å²) in [5.74, 6) is 0.294. The first-order chi connectivity index (χ1) is 12.1. The Kier molecular flexibility index (Phi) is 9.01. The zero-order valence-corrected chi connectivity index (χ0v) is 17.1. The summed E-state index contributed by atoms with van der Waals surface area (Å²) in [4.78, 5) is 1.25. The fourth-order valence-corrected chi connectivity index (χ4v) is 3.97. The molecule has 1 saturated heterocycles. The Morgan fingerprint density at radius 3 is 2.22 bits per heavy atom. The highest BCUT2D eigenvalue weighted by Crippen LogP contribution is 2.25. The van der Waals surface area contributed by atoms with Crippen molar-refractivity contribution in [3.63, 3.8) is 0 Å². The lowest BCUT2D eigenvalue weighted by atomic mass is 9.99. The van der Waals surface area contributed by atoms with Crippen LogP contribution < -0.4 is 10.0 Å². The number of sulfonamides is 1. The molecule has 2 N–H and O–H groups in total. The Hall–Kier alpha value is -0.870. The first-order valence-electron chi connectivity index (χ1n) is 8.76. The molecule has 0 spiro atoms. The van der Waals surface area contributed by atoms with Gasteiger partial charge in [-0.1, -0.05) is 26.0 Å². The lowest BCUT2D eigenvalue weighted by Crippen LogP contribution is -2.57. The van der Waals surface area contributed by atoms with Crippen molar-refractivity contribution in [3.8, 4) is 0 Å². The third-order valence-corrected chi connectivity index (χ3v) is 6.25. The molecule has 0 aliphatic carbocycles. The maximum atomic E-state index is 13.4. The van der Waals surface area contributed by atoms with Crippen LogP contribution in [0.1, 0.15) is 31.7 Å². The summed E-state index contributed by atoms with van der Waals surface area (Å²) in [6.45, 7) is 4.74. The third kappa shape index (κ3) is 6.60. The van der Waals surface area contributed by atoms with E-state index >= 15 is 0 Å². The summed E-state index contributed by atoms with van der Waals surface area (Å²) in [6, 6.07) is 4.47. The molecule has 156 valence electrons. The van der Waals surface area contributed by atoms with Gasteiger partial charge in [0.2, 0.25) is 10.0 Å². The first kappa shape index (κ1) is 24.2. The number of nitrogens with zero attached hydrogens (tertiary/aromatic N) is 1. The van der Waals surface area contributed by atoms with Crippen LogP contribution in [0.3, 0.4) is 0 Å². The number of hydrogen-bond acceptors (Lipinski definition) is 4. The van der Waals surface area contributed by atoms with Gasteiger partial charge in [-0.2, -0.15) is 13.2 Å². The normalized spacial score (nSPS) is 18.6. The summed E-state index contributed by atoms with van der Waals surface area (Å²) in [6.07, 6.45) is -3.58. The second-order valence-electron chi connectivity index (χ2n) is 6.57. The van der Waals surface area contributed by atoms with Crippen molar-refractivity contribution in [1.82, 2.24) is 14.9 Å². The molecule has 1 heterocycles. The second kappa shape index (κ2) is 10.1. The van der Waals surface area contributed by atoms with Gasteiger partial charge < -0.3 is 5.32 Å². The van der Waals surface area contributed by atoms with Crippen LogP contribution >= 0.6 is 12.4 Å². The van der Waals surface area contributed by atoms with Gasteiger partial charge in [0.1, 0.15) is 6.04 Å². The molecule has 5 nitrogen and oxygen atoms in total. The molecule has 0 bridgehead atoms. The molecule has 10 heteroatoms. The van der Waals surface area contributed by atoms with Crippen LogP contribution in [0.2, 0.25) is 0 Å². The van der Waals surface area contributed by atoms with Gasteiger partial charge in [-0.15, -0.1) is 12.4 Å². The zero-order chi connectivity index (χ0) is 19.4. The Labute approximate surface area is 165 Å². The fourth-order valence-electron chi connectivity index (χ4n) is 2.93. The Balaban J connectivity index is 0.00000364. The van der Waals surface area contributed by atoms with E-state index in [0.717, 1.165) is 12.0 Å². The average molecular weight is 430 g/mol. The van der Waals surface area contributed by atoms with Gasteiger partial charge in [-0.05, 0) is 30.0 Å². The summed E-state index contributed by atoms with van der Waals surface area (Å²) in [5.41, 5.74) is 1.00. The molecule has 2 unspecified atom stereocenters. The van der Waals surface area contributed by atoms with Gasteiger partial charge in [0.25, 0.3) is 0 Å². The summed E-state index contributed by atoms with van der Waals surface area (Å²) >= 11 is 0. The van der Waals surface area contributed by atoms with Gasteiger partial charge in [0.05, 0.1) is 4.90 Å². The summed E-state index contributed by atoms with van der Waals surface area (Å²) < 4.78 is 67.0. The molecule has 1 aromatic rings. The van der Waals surface area contributed by atoms with E-state index in [9.17, 15) is 21.6 Å². The van der Waals surface area contributed by atoms with E-state index < -0.39 is 28.8 Å². The highest BCUT2D eigenvalue weighted by atomic mass is 35.5. The van der Waals surface area contributed by atoms with E-state index in [1.54, 1.807) is 12.1 Å². The second-order valence-corrected chi connectivity index (χ2v) is 8.34. The Morgan fingerprint density at radius 1 is 1.19 bits per heavy atom. The molecule has 1 aliphatic rings. The van der Waals surface area contributed by atoms with Crippen LogP contribution in [0, 0.1) is 0 Å². The monoisotopic (exact) mass is 429 g/mol. The van der Waals surface area contributed by atoms with Gasteiger partial charge in [0, 0.05) is 32.7 Å². The van der Waals surface area contributed by atoms with E-state index in [1.165, 1.54) is 17.0 Å². The molecule has 0 amide bonds. The van der Waals surface area contributed by atoms with Crippen molar-refractivity contribution in [2.75, 3.05) is 32.7 Å². The maximum absolute atomic E-state index is 13.4. The average Bonchev–Trinajstić information content (AvgIpc) is 2.61. The van der Waals surface area contributed by atoms with Crippen molar-refractivity contribution in [2.24, 2.45) is 0 Å². The van der Waals surface area contributed by atoms with E-state index in [2.05, 4.69) is 10.0 Å². The molecule has 2 rings (SSSR count). The number of benzene rings is 1. The number of nitrogens with one attached hydrogen (secondary N) is 2. The van der Waals surface area contributed by atoms with Crippen molar-refractivity contribution >= 4 is 22.4 Å². The number of rotatable bonds is 7. The Morgan fingerprint density at radius 2 is 1.74 bits per heavy atom. The lowest BCUT2D eigenvalue weighted by molar-refractivity contribution is -0.182. The fraction of sp³-hybridized carbons (Fsp3) is 0.647. The summed E-state index contributed by atoms with van der Waals surface area (Å²) in [5, 5.41) is 2.99. The minimum atomic E-state index is -4.50. The van der Waals surface area contributed by atoms with Gasteiger partial charge >= 0.3 is 6.18 Å². The van der Waals surface area contributed by atoms with Crippen LogP contribution in [0.4, 0.5) is 13.2 Å². The van der Waals surface area contributed by atoms with Crippen LogP contribution in [0.15, 0.2) is 29.2 Å². The van der Waals surface area contributed by atoms with E-state index in [0.29, 0.717) is 19.0 Å². The minimum absolute atomic E-state index is 0. The van der Waals surface area contributed by atoms with Crippen LogP contribution in [-0.2, 0) is 10.0 Å². The standard InChI is InChI=1S/C17H26F3N3O2S.ClH/c1-3-13(2)14-4-6-15(7-5-14)26(24,25)22-12-16(17(18,19)20)23-10-8-21-9-11-23;/h4-7,13,16,21-22H,3,8-12H2,1-2H3;1H. The highest BCUT2D eigenvalue weighted by Gasteiger charge is 2.44. The predicted octanol–water partition coefficient (Wildman–Crippen LogP) is 2.74. The Bertz CT molecular complexity index is 678. The topological polar surface area (TPSA) is 61.4 Å². The molecule has 0 radical (unpaired) electrons. The van der Waals surface area contributed by atoms with Crippen LogP contribution in [0.5, 0.6) is 0 Å². The molecule has 0 saturated carbocycles. The predicted molar refractivity (Wildman–Crippen MR) is 102 cm³/mol. The highest BCUT2D eigenvalue weighted by molar-refractivity contribution is 7.89. The number of hydrogen-bond donors (Lipinski definition) is 2. The molecular formula is C17H27ClF3N3O2S. The molecule has 1 aliphatic heterocycles. The van der Waals surface area contributed by atoms with Crippen molar-refractivity contribution in [3.05, 3.63) is 29.8 Å². The first-order valence-corrected chi connectivity index (χ1v) is 10.2. The third-order valence-electron chi connectivity index (χ3n) is 4.81. The van der Waals surface area contributed by atoms with Crippen molar-refractivity contribution < 1.29 is 21.6 Å². The zero-order valence-electron chi connectivity index (χ0n) is 15.4. The molecule has 1 aromatic carbocycles. The van der Waals surface area contributed by atoms with Gasteiger partial charge in [-0.25, -0.2) is 13.1 Å². The van der Waals surface area contributed by atoms with E-state index in [4.69, 9.17) is 0 Å². The van der Waals surface area contributed by atoms with Crippen LogP contribution in [0.25, 0.3) is 0 Å². The van der Waals surface area contributed by atoms with Gasteiger partial charge in [0.15, 0.2) is 0 Å². The SMILES string of the molecule is CCC(C)c1ccc(S(=O)(=O)NCC(N2CCNCC2)C(F)(F)F)cc1.Cl. The molecular weight excluding hydrogens is 403 g/mol. The largest absolute Gasteiger partial charge is 0.405 e. The summed E-state index contributed by atoms with van der Waals surface area (Å²) in [7, 11) is -4.00. The molecule has 2 atom stereocenters. The van der Waals surface area contributed by atoms with E-state index in [-0.39, 0.29) is 30.4 Å². The smallest absolute Gasteiger partial charge is 0.314 e. The molecule has 27 heavy (non-hydrogen) atoms. The van der Waals surface area contributed by atoms with Crippen LogP contribution in [-0.4, -0.2) is 58.3 Å². The van der Waals surface area contributed by atoms with Gasteiger partial charge in [-0.3, -0.25) is 4.90 Å². The quantitative estimate of drug-likeness (QED) is 0.699. The minimum Gasteiger partial charge on any atom is -0.314 e. The maximum Gasteiger partial charge on any atom is 0.405 e. The molecule has 0 aromatic heterocycles. The number of piperazine rings is 1. The van der Waals surface area contributed by atoms with Crippen molar-refractivity contribution in [2.45, 2.75) is 43.3 Å². The number of alkyl halides is 3. The molecule has 1 fully saturated rings.